The van der Waals surface area contributed by atoms with Crippen molar-refractivity contribution in [3.63, 3.8) is 0 Å². The molecule has 0 amide bonds. The first-order valence-electron chi connectivity index (χ1n) is 10.3. The summed E-state index contributed by atoms with van der Waals surface area (Å²) in [7, 11) is 0. The largest absolute Gasteiger partial charge is 0.490 e. The molecular formula is C21H35IN4O2. The van der Waals surface area contributed by atoms with Gasteiger partial charge in [0.15, 0.2) is 17.5 Å². The number of nitrogens with two attached hydrogens (primary N) is 1. The maximum atomic E-state index is 6.09. The highest BCUT2D eigenvalue weighted by atomic mass is 127. The van der Waals surface area contributed by atoms with Crippen molar-refractivity contribution >= 4 is 35.6 Å². The van der Waals surface area contributed by atoms with Crippen molar-refractivity contribution in [2.45, 2.75) is 39.5 Å². The number of nitrogens with one attached hydrogen (secondary N) is 1. The van der Waals surface area contributed by atoms with E-state index < -0.39 is 0 Å². The van der Waals surface area contributed by atoms with Gasteiger partial charge >= 0.3 is 0 Å². The van der Waals surface area contributed by atoms with E-state index >= 15 is 0 Å². The van der Waals surface area contributed by atoms with Crippen LogP contribution in [0.1, 0.15) is 39.5 Å². The Labute approximate surface area is 186 Å². The van der Waals surface area contributed by atoms with E-state index in [0.717, 1.165) is 36.1 Å². The molecule has 2 aliphatic rings. The van der Waals surface area contributed by atoms with Gasteiger partial charge in [-0.25, -0.2) is 0 Å². The zero-order valence-corrected chi connectivity index (χ0v) is 19.5. The lowest BCUT2D eigenvalue weighted by atomic mass is 9.96. The van der Waals surface area contributed by atoms with Gasteiger partial charge in [0.05, 0.1) is 13.2 Å². The second kappa shape index (κ2) is 11.7. The summed E-state index contributed by atoms with van der Waals surface area (Å²) >= 11 is 0. The minimum Gasteiger partial charge on any atom is -0.490 e. The van der Waals surface area contributed by atoms with Crippen molar-refractivity contribution in [2.24, 2.45) is 22.6 Å². The Balaban J connectivity index is 0.00000280. The number of nitrogens with zero attached hydrogens (tertiary/aromatic N) is 2. The van der Waals surface area contributed by atoms with Gasteiger partial charge in [-0.15, -0.1) is 24.0 Å². The summed E-state index contributed by atoms with van der Waals surface area (Å²) in [5.41, 5.74) is 6.97. The molecular weight excluding hydrogens is 467 g/mol. The van der Waals surface area contributed by atoms with Crippen LogP contribution in [0.15, 0.2) is 23.2 Å². The van der Waals surface area contributed by atoms with E-state index in [1.165, 1.54) is 38.9 Å². The number of ether oxygens (including phenoxy) is 2. The predicted octanol–water partition coefficient (Wildman–Crippen LogP) is 3.95. The Morgan fingerprint density at radius 2 is 1.93 bits per heavy atom. The van der Waals surface area contributed by atoms with Crippen LogP contribution in [0.2, 0.25) is 0 Å². The number of fused-ring (bicyclic) bond motifs is 1. The summed E-state index contributed by atoms with van der Waals surface area (Å²) in [6, 6.07) is 5.79. The number of guanidine groups is 1. The van der Waals surface area contributed by atoms with Crippen LogP contribution in [-0.2, 0) is 0 Å². The van der Waals surface area contributed by atoms with Crippen LogP contribution in [0.5, 0.6) is 11.5 Å². The highest BCUT2D eigenvalue weighted by Crippen LogP contribution is 2.32. The van der Waals surface area contributed by atoms with Crippen LogP contribution in [-0.4, -0.2) is 50.3 Å². The third kappa shape index (κ3) is 7.31. The Kier molecular flexibility index (Phi) is 9.64. The lowest BCUT2D eigenvalue weighted by Gasteiger charge is -2.31. The van der Waals surface area contributed by atoms with Crippen LogP contribution in [0.3, 0.4) is 0 Å². The Morgan fingerprint density at radius 1 is 1.21 bits per heavy atom. The summed E-state index contributed by atoms with van der Waals surface area (Å²) in [6.07, 6.45) is 4.60. The number of rotatable bonds is 6. The minimum atomic E-state index is 0. The van der Waals surface area contributed by atoms with E-state index in [0.29, 0.717) is 25.1 Å². The van der Waals surface area contributed by atoms with Crippen LogP contribution in [0.4, 0.5) is 5.69 Å². The Morgan fingerprint density at radius 3 is 2.64 bits per heavy atom. The summed E-state index contributed by atoms with van der Waals surface area (Å²) in [5.74, 6) is 3.43. The van der Waals surface area contributed by atoms with Gasteiger partial charge in [-0.2, -0.15) is 0 Å². The highest BCUT2D eigenvalue weighted by molar-refractivity contribution is 14.0. The topological polar surface area (TPSA) is 72.1 Å². The average Bonchev–Trinajstić information content (AvgIpc) is 2.90. The second-order valence-electron chi connectivity index (χ2n) is 8.03. The van der Waals surface area contributed by atoms with Gasteiger partial charge in [-0.05, 0) is 62.9 Å². The molecule has 28 heavy (non-hydrogen) atoms. The first kappa shape index (κ1) is 23.1. The van der Waals surface area contributed by atoms with Gasteiger partial charge in [-0.3, -0.25) is 4.99 Å². The Hall–Kier alpha value is -1.22. The third-order valence-corrected chi connectivity index (χ3v) is 5.27. The maximum Gasteiger partial charge on any atom is 0.193 e. The molecule has 0 saturated carbocycles. The fourth-order valence-corrected chi connectivity index (χ4v) is 3.49. The van der Waals surface area contributed by atoms with Crippen molar-refractivity contribution in [1.29, 1.82) is 0 Å². The molecule has 0 spiro atoms. The van der Waals surface area contributed by atoms with Gasteiger partial charge in [0, 0.05) is 24.7 Å². The number of halogens is 1. The smallest absolute Gasteiger partial charge is 0.193 e. The predicted molar refractivity (Wildman–Crippen MR) is 126 cm³/mol. The van der Waals surface area contributed by atoms with Crippen molar-refractivity contribution < 1.29 is 9.47 Å². The number of hydrogen-bond acceptors (Lipinski definition) is 4. The average molecular weight is 502 g/mol. The molecule has 0 radical (unpaired) electrons. The fraction of sp³-hybridized carbons (Fsp3) is 0.667. The molecule has 0 atom stereocenters. The number of anilines is 1. The molecule has 1 fully saturated rings. The molecule has 0 aliphatic carbocycles. The SMILES string of the molecule is CC(C)CCN1CCC(CN=C(N)Nc2ccc3c(c2)OCCCO3)CC1.I. The molecule has 158 valence electrons. The van der Waals surface area contributed by atoms with E-state index in [-0.39, 0.29) is 24.0 Å². The van der Waals surface area contributed by atoms with Crippen molar-refractivity contribution in [3.8, 4) is 11.5 Å². The number of piperidine rings is 1. The molecule has 1 saturated heterocycles. The number of likely N-dealkylation sites (tertiary alicyclic amines) is 1. The maximum absolute atomic E-state index is 6.09. The standard InChI is InChI=1S/C21H34N4O2.HI/c1-16(2)6-9-25-10-7-17(8-11-25)15-23-21(22)24-18-4-5-19-20(14-18)27-13-3-12-26-19;/h4-5,14,16-17H,3,6-13,15H2,1-2H3,(H3,22,23,24);1H. The van der Waals surface area contributed by atoms with Gasteiger partial charge in [0.2, 0.25) is 0 Å². The molecule has 0 unspecified atom stereocenters. The van der Waals surface area contributed by atoms with Crippen LogP contribution < -0.4 is 20.5 Å². The van der Waals surface area contributed by atoms with Crippen molar-refractivity contribution in [3.05, 3.63) is 18.2 Å². The van der Waals surface area contributed by atoms with E-state index in [1.807, 2.05) is 18.2 Å². The van der Waals surface area contributed by atoms with Crippen LogP contribution >= 0.6 is 24.0 Å². The number of aliphatic imine (C=N–C) groups is 1. The van der Waals surface area contributed by atoms with Gasteiger partial charge in [-0.1, -0.05) is 13.8 Å². The molecule has 6 nitrogen and oxygen atoms in total. The van der Waals surface area contributed by atoms with Crippen molar-refractivity contribution in [1.82, 2.24) is 4.90 Å². The Bertz CT molecular complexity index is 631. The molecule has 0 aromatic heterocycles. The van der Waals surface area contributed by atoms with Crippen LogP contribution in [0.25, 0.3) is 0 Å². The molecule has 2 heterocycles. The zero-order chi connectivity index (χ0) is 19.1. The first-order chi connectivity index (χ1) is 13.1. The minimum absolute atomic E-state index is 0. The van der Waals surface area contributed by atoms with E-state index in [9.17, 15) is 0 Å². The first-order valence-corrected chi connectivity index (χ1v) is 10.3. The molecule has 2 aliphatic heterocycles. The molecule has 3 rings (SSSR count). The highest BCUT2D eigenvalue weighted by Gasteiger charge is 2.19. The molecule has 1 aromatic carbocycles. The van der Waals surface area contributed by atoms with E-state index in [4.69, 9.17) is 15.2 Å². The molecule has 0 bridgehead atoms. The summed E-state index contributed by atoms with van der Waals surface area (Å²) < 4.78 is 11.4. The summed E-state index contributed by atoms with van der Waals surface area (Å²) in [5, 5.41) is 3.18. The molecule has 1 aromatic rings. The van der Waals surface area contributed by atoms with Gasteiger partial charge < -0.3 is 25.4 Å². The van der Waals surface area contributed by atoms with Crippen LogP contribution in [0, 0.1) is 11.8 Å². The molecule has 7 heteroatoms. The normalized spacial score (nSPS) is 18.5. The summed E-state index contributed by atoms with van der Waals surface area (Å²) in [6.45, 7) is 10.3. The number of hydrogen-bond donors (Lipinski definition) is 2. The quantitative estimate of drug-likeness (QED) is 0.350. The lowest BCUT2D eigenvalue weighted by molar-refractivity contribution is 0.180. The van der Waals surface area contributed by atoms with E-state index in [1.54, 1.807) is 0 Å². The van der Waals surface area contributed by atoms with Crippen molar-refractivity contribution in [2.75, 3.05) is 44.7 Å². The third-order valence-electron chi connectivity index (χ3n) is 5.27. The zero-order valence-electron chi connectivity index (χ0n) is 17.2. The monoisotopic (exact) mass is 502 g/mol. The summed E-state index contributed by atoms with van der Waals surface area (Å²) in [4.78, 5) is 7.15. The second-order valence-corrected chi connectivity index (χ2v) is 8.03. The fourth-order valence-electron chi connectivity index (χ4n) is 3.49. The molecule has 3 N–H and O–H groups in total. The van der Waals surface area contributed by atoms with Gasteiger partial charge in [0.25, 0.3) is 0 Å². The van der Waals surface area contributed by atoms with E-state index in [2.05, 4.69) is 29.1 Å². The number of benzene rings is 1. The van der Waals surface area contributed by atoms with Gasteiger partial charge in [0.1, 0.15) is 0 Å². The lowest BCUT2D eigenvalue weighted by Crippen LogP contribution is -2.36.